The average Bonchev–Trinajstić information content (AvgIpc) is 2.99. The largest absolute Gasteiger partial charge is 0.476 e. The molecule has 1 aliphatic heterocycles. The summed E-state index contributed by atoms with van der Waals surface area (Å²) in [5.74, 6) is 1.17. The summed E-state index contributed by atoms with van der Waals surface area (Å²) in [6.07, 6.45) is 0. The van der Waals surface area contributed by atoms with Gasteiger partial charge in [-0.1, -0.05) is 42.5 Å². The smallest absolute Gasteiger partial charge is 0.240 e. The van der Waals surface area contributed by atoms with Crippen LogP contribution in [-0.4, -0.2) is 59.8 Å². The molecule has 0 aliphatic carbocycles. The molecule has 5 heteroatoms. The minimum absolute atomic E-state index is 0.460. The Balaban J connectivity index is 1.41. The van der Waals surface area contributed by atoms with Crippen molar-refractivity contribution in [1.82, 2.24) is 20.0 Å². The number of rotatable bonds is 5. The number of aromatic amines is 1. The SMILES string of the molecule is CN1CCN(Cc2ccccc2)CC(COc2n[nH]c3ccccc23)C1. The summed E-state index contributed by atoms with van der Waals surface area (Å²) < 4.78 is 6.11. The minimum atomic E-state index is 0.460. The van der Waals surface area contributed by atoms with Crippen LogP contribution in [0.5, 0.6) is 5.88 Å². The summed E-state index contributed by atoms with van der Waals surface area (Å²) in [6.45, 7) is 5.96. The van der Waals surface area contributed by atoms with Gasteiger partial charge in [0.1, 0.15) is 0 Å². The lowest BCUT2D eigenvalue weighted by atomic mass is 10.1. The highest BCUT2D eigenvalue weighted by Gasteiger charge is 2.22. The van der Waals surface area contributed by atoms with E-state index < -0.39 is 0 Å². The molecule has 1 saturated heterocycles. The van der Waals surface area contributed by atoms with Crippen LogP contribution < -0.4 is 4.74 Å². The van der Waals surface area contributed by atoms with Crippen molar-refractivity contribution in [2.75, 3.05) is 39.8 Å². The number of H-pyrrole nitrogens is 1. The summed E-state index contributed by atoms with van der Waals surface area (Å²) in [5, 5.41) is 8.43. The third kappa shape index (κ3) is 4.06. The molecule has 0 amide bonds. The van der Waals surface area contributed by atoms with Gasteiger partial charge in [-0.15, -0.1) is 5.10 Å². The zero-order chi connectivity index (χ0) is 17.8. The maximum atomic E-state index is 6.11. The number of hydrogen-bond donors (Lipinski definition) is 1. The molecular formula is C21H26N4O. The Labute approximate surface area is 154 Å². The van der Waals surface area contributed by atoms with E-state index in [2.05, 4.69) is 63.4 Å². The average molecular weight is 350 g/mol. The fourth-order valence-electron chi connectivity index (χ4n) is 3.69. The highest BCUT2D eigenvalue weighted by atomic mass is 16.5. The van der Waals surface area contributed by atoms with Crippen LogP contribution in [0.15, 0.2) is 54.6 Å². The molecule has 136 valence electrons. The Hall–Kier alpha value is -2.37. The molecule has 1 aromatic heterocycles. The molecule has 5 nitrogen and oxygen atoms in total. The van der Waals surface area contributed by atoms with Crippen molar-refractivity contribution in [2.24, 2.45) is 5.92 Å². The highest BCUT2D eigenvalue weighted by molar-refractivity contribution is 5.83. The fourth-order valence-corrected chi connectivity index (χ4v) is 3.69. The molecular weight excluding hydrogens is 324 g/mol. The second-order valence-electron chi connectivity index (χ2n) is 7.23. The van der Waals surface area contributed by atoms with Gasteiger partial charge in [-0.3, -0.25) is 10.00 Å². The zero-order valence-electron chi connectivity index (χ0n) is 15.3. The standard InChI is InChI=1S/C21H26N4O/c1-24-11-12-25(14-17-7-3-2-4-8-17)15-18(13-24)16-26-21-19-9-5-6-10-20(19)22-23-21/h2-10,18H,11-16H2,1H3,(H,22,23). The first kappa shape index (κ1) is 17.1. The van der Waals surface area contributed by atoms with Crippen molar-refractivity contribution in [2.45, 2.75) is 6.54 Å². The lowest BCUT2D eigenvalue weighted by Gasteiger charge is -2.23. The van der Waals surface area contributed by atoms with Gasteiger partial charge in [0.15, 0.2) is 0 Å². The molecule has 0 radical (unpaired) electrons. The van der Waals surface area contributed by atoms with Crippen LogP contribution in [0.3, 0.4) is 0 Å². The molecule has 0 spiro atoms. The number of hydrogen-bond acceptors (Lipinski definition) is 4. The van der Waals surface area contributed by atoms with Gasteiger partial charge in [0.05, 0.1) is 17.5 Å². The predicted molar refractivity (Wildman–Crippen MR) is 104 cm³/mol. The van der Waals surface area contributed by atoms with Gasteiger partial charge in [0.25, 0.3) is 0 Å². The maximum Gasteiger partial charge on any atom is 0.240 e. The number of para-hydroxylation sites is 1. The second kappa shape index (κ2) is 7.89. The first-order chi connectivity index (χ1) is 12.8. The Morgan fingerprint density at radius 1 is 1.04 bits per heavy atom. The van der Waals surface area contributed by atoms with Gasteiger partial charge in [0, 0.05) is 38.6 Å². The van der Waals surface area contributed by atoms with E-state index in [0.29, 0.717) is 18.4 Å². The Kier molecular flexibility index (Phi) is 5.18. The van der Waals surface area contributed by atoms with Crippen LogP contribution in [-0.2, 0) is 6.54 Å². The number of likely N-dealkylation sites (N-methyl/N-ethyl adjacent to an activating group) is 1. The van der Waals surface area contributed by atoms with Gasteiger partial charge < -0.3 is 9.64 Å². The summed E-state index contributed by atoms with van der Waals surface area (Å²) in [5.41, 5.74) is 2.39. The number of benzene rings is 2. The molecule has 0 saturated carbocycles. The monoisotopic (exact) mass is 350 g/mol. The zero-order valence-corrected chi connectivity index (χ0v) is 15.3. The number of nitrogens with one attached hydrogen (secondary N) is 1. The fraction of sp³-hybridized carbons (Fsp3) is 0.381. The van der Waals surface area contributed by atoms with Crippen LogP contribution in [0, 0.1) is 5.92 Å². The minimum Gasteiger partial charge on any atom is -0.476 e. The summed E-state index contributed by atoms with van der Waals surface area (Å²) in [6, 6.07) is 18.8. The van der Waals surface area contributed by atoms with Gasteiger partial charge in [-0.25, -0.2) is 0 Å². The van der Waals surface area contributed by atoms with Crippen molar-refractivity contribution >= 4 is 10.9 Å². The predicted octanol–water partition coefficient (Wildman–Crippen LogP) is 3.01. The second-order valence-corrected chi connectivity index (χ2v) is 7.23. The Bertz CT molecular complexity index is 832. The first-order valence-electron chi connectivity index (χ1n) is 9.28. The van der Waals surface area contributed by atoms with Crippen molar-refractivity contribution in [1.29, 1.82) is 0 Å². The highest BCUT2D eigenvalue weighted by Crippen LogP contribution is 2.23. The summed E-state index contributed by atoms with van der Waals surface area (Å²) >= 11 is 0. The number of nitrogens with zero attached hydrogens (tertiary/aromatic N) is 3. The van der Waals surface area contributed by atoms with Crippen LogP contribution in [0.4, 0.5) is 0 Å². The Morgan fingerprint density at radius 3 is 2.73 bits per heavy atom. The quantitative estimate of drug-likeness (QED) is 0.768. The molecule has 1 unspecified atom stereocenters. The molecule has 4 rings (SSSR count). The maximum absolute atomic E-state index is 6.11. The van der Waals surface area contributed by atoms with Gasteiger partial charge in [-0.2, -0.15) is 0 Å². The van der Waals surface area contributed by atoms with E-state index in [4.69, 9.17) is 4.74 Å². The van der Waals surface area contributed by atoms with Gasteiger partial charge in [0.2, 0.25) is 5.88 Å². The normalized spacial score (nSPS) is 19.5. The van der Waals surface area contributed by atoms with Crippen molar-refractivity contribution in [3.05, 3.63) is 60.2 Å². The van der Waals surface area contributed by atoms with Crippen LogP contribution in [0.25, 0.3) is 10.9 Å². The molecule has 1 atom stereocenters. The third-order valence-corrected chi connectivity index (χ3v) is 5.02. The van der Waals surface area contributed by atoms with Gasteiger partial charge >= 0.3 is 0 Å². The first-order valence-corrected chi connectivity index (χ1v) is 9.28. The van der Waals surface area contributed by atoms with E-state index in [0.717, 1.165) is 43.6 Å². The van der Waals surface area contributed by atoms with Crippen molar-refractivity contribution < 1.29 is 4.74 Å². The topological polar surface area (TPSA) is 44.4 Å². The van der Waals surface area contributed by atoms with Crippen LogP contribution in [0.1, 0.15) is 5.56 Å². The number of aromatic nitrogens is 2. The van der Waals surface area contributed by atoms with E-state index in [1.54, 1.807) is 0 Å². The van der Waals surface area contributed by atoms with Crippen molar-refractivity contribution in [3.63, 3.8) is 0 Å². The van der Waals surface area contributed by atoms with E-state index in [-0.39, 0.29) is 0 Å². The van der Waals surface area contributed by atoms with Crippen molar-refractivity contribution in [3.8, 4) is 5.88 Å². The summed E-state index contributed by atoms with van der Waals surface area (Å²) in [7, 11) is 2.20. The van der Waals surface area contributed by atoms with Gasteiger partial charge in [-0.05, 0) is 24.7 Å². The summed E-state index contributed by atoms with van der Waals surface area (Å²) in [4.78, 5) is 4.94. The van der Waals surface area contributed by atoms with E-state index in [1.807, 2.05) is 18.2 Å². The third-order valence-electron chi connectivity index (χ3n) is 5.02. The van der Waals surface area contributed by atoms with E-state index in [1.165, 1.54) is 5.56 Å². The molecule has 26 heavy (non-hydrogen) atoms. The van der Waals surface area contributed by atoms with E-state index in [9.17, 15) is 0 Å². The number of fused-ring (bicyclic) bond motifs is 1. The molecule has 1 fully saturated rings. The number of ether oxygens (including phenoxy) is 1. The molecule has 3 aromatic rings. The van der Waals surface area contributed by atoms with Crippen LogP contribution in [0.2, 0.25) is 0 Å². The Morgan fingerprint density at radius 2 is 1.85 bits per heavy atom. The lowest BCUT2D eigenvalue weighted by molar-refractivity contribution is 0.179. The molecule has 1 aliphatic rings. The van der Waals surface area contributed by atoms with Crippen LogP contribution >= 0.6 is 0 Å². The molecule has 1 N–H and O–H groups in total. The van der Waals surface area contributed by atoms with E-state index >= 15 is 0 Å². The molecule has 2 heterocycles. The lowest BCUT2D eigenvalue weighted by Crippen LogP contribution is -2.32. The molecule has 0 bridgehead atoms. The molecule has 2 aromatic carbocycles.